The number of carboxylic acid groups (broad SMARTS) is 1. The van der Waals surface area contributed by atoms with Crippen LogP contribution in [0.3, 0.4) is 0 Å². The summed E-state index contributed by atoms with van der Waals surface area (Å²) in [5.41, 5.74) is 5.54. The fraction of sp³-hybridized carbons (Fsp3) is 0.500. The van der Waals surface area contributed by atoms with Gasteiger partial charge in [-0.25, -0.2) is 9.78 Å². The highest BCUT2D eigenvalue weighted by atomic mass is 16.5. The van der Waals surface area contributed by atoms with Gasteiger partial charge in [0.15, 0.2) is 0 Å². The molecule has 1 aromatic heterocycles. The van der Waals surface area contributed by atoms with Gasteiger partial charge < -0.3 is 19.1 Å². The van der Waals surface area contributed by atoms with E-state index in [0.29, 0.717) is 6.42 Å². The van der Waals surface area contributed by atoms with Crippen LogP contribution in [0.2, 0.25) is 0 Å². The van der Waals surface area contributed by atoms with Crippen LogP contribution in [0, 0.1) is 6.92 Å². The van der Waals surface area contributed by atoms with Crippen molar-refractivity contribution in [2.24, 2.45) is 0 Å². The summed E-state index contributed by atoms with van der Waals surface area (Å²) in [4.78, 5) is 32.0. The van der Waals surface area contributed by atoms with Crippen molar-refractivity contribution in [1.29, 1.82) is 0 Å². The van der Waals surface area contributed by atoms with Crippen LogP contribution in [0.25, 0.3) is 11.0 Å². The topological polar surface area (TPSA) is 93.9 Å². The number of imidazole rings is 1. The quantitative estimate of drug-likeness (QED) is 0.443. The summed E-state index contributed by atoms with van der Waals surface area (Å²) in [6.07, 6.45) is 5.59. The van der Waals surface area contributed by atoms with Crippen molar-refractivity contribution in [2.75, 3.05) is 19.1 Å². The van der Waals surface area contributed by atoms with Gasteiger partial charge in [-0.05, 0) is 70.1 Å². The molecule has 1 saturated carbocycles. The number of carboxylic acids is 1. The van der Waals surface area contributed by atoms with Crippen molar-refractivity contribution < 1.29 is 24.2 Å². The van der Waals surface area contributed by atoms with Crippen molar-refractivity contribution in [3.63, 3.8) is 0 Å². The third-order valence-electron chi connectivity index (χ3n) is 8.37. The summed E-state index contributed by atoms with van der Waals surface area (Å²) < 4.78 is 13.0. The van der Waals surface area contributed by atoms with Gasteiger partial charge in [-0.3, -0.25) is 9.69 Å². The number of benzene rings is 2. The highest BCUT2D eigenvalue weighted by Gasteiger charge is 2.34. The summed E-state index contributed by atoms with van der Waals surface area (Å²) in [5, 5.41) is 10.3. The molecule has 202 valence electrons. The molecule has 2 heterocycles. The first kappa shape index (κ1) is 26.2. The number of hydrogen-bond donors (Lipinski definition) is 1. The van der Waals surface area contributed by atoms with Crippen LogP contribution in [0.5, 0.6) is 0 Å². The summed E-state index contributed by atoms with van der Waals surface area (Å²) >= 11 is 0. The van der Waals surface area contributed by atoms with Gasteiger partial charge in [-0.15, -0.1) is 0 Å². The molecule has 1 unspecified atom stereocenters. The third kappa shape index (κ3) is 4.77. The number of aryl methyl sites for hydroxylation is 2. The average molecular weight is 520 g/mol. The molecule has 3 aromatic rings. The minimum absolute atomic E-state index is 0.0241. The van der Waals surface area contributed by atoms with Crippen LogP contribution in [0.4, 0.5) is 10.5 Å². The number of carbonyl (C=O) groups is 2. The molecule has 1 aliphatic carbocycles. The molecule has 1 N–H and O–H groups in total. The second-order valence-corrected chi connectivity index (χ2v) is 10.7. The first-order chi connectivity index (χ1) is 18.3. The Hall–Kier alpha value is -3.39. The first-order valence-corrected chi connectivity index (χ1v) is 13.5. The number of aromatic nitrogens is 2. The number of anilines is 1. The Kier molecular flexibility index (Phi) is 7.43. The molecule has 0 spiro atoms. The Morgan fingerprint density at radius 2 is 1.87 bits per heavy atom. The van der Waals surface area contributed by atoms with Crippen LogP contribution in [0.15, 0.2) is 36.4 Å². The summed E-state index contributed by atoms with van der Waals surface area (Å²) in [6.45, 7) is 4.01. The molecule has 2 atom stereocenters. The number of rotatable bonds is 6. The highest BCUT2D eigenvalue weighted by Crippen LogP contribution is 2.40. The molecule has 2 aliphatic rings. The minimum atomic E-state index is -0.856. The van der Waals surface area contributed by atoms with Crippen molar-refractivity contribution >= 4 is 28.8 Å². The number of fused-ring (bicyclic) bond motifs is 3. The number of ether oxygens (including phenoxy) is 2. The first-order valence-electron chi connectivity index (χ1n) is 13.5. The number of methoxy groups -OCH3 is 2. The Balaban J connectivity index is 1.63. The standard InChI is InChI=1S/C30H37N3O5/c1-18-6-5-7-20(16-18)24(29(34)35)17-27-31-28-23-13-8-19(2)32(30(36)38-4)25(23)14-15-26(28)33(27)21-9-11-22(37-3)12-10-21/h5-7,14-16,19,21-22,24H,8-13,17H2,1-4H3,(H,34,35)/t19-,21?,22?,24?/m0/s1. The molecule has 8 heteroatoms. The number of hydrogen-bond acceptors (Lipinski definition) is 5. The van der Waals surface area contributed by atoms with Gasteiger partial charge in [0.2, 0.25) is 0 Å². The highest BCUT2D eigenvalue weighted by molar-refractivity contribution is 5.95. The largest absolute Gasteiger partial charge is 0.481 e. The molecule has 38 heavy (non-hydrogen) atoms. The predicted molar refractivity (Wildman–Crippen MR) is 146 cm³/mol. The Morgan fingerprint density at radius 1 is 1.11 bits per heavy atom. The van der Waals surface area contributed by atoms with E-state index in [9.17, 15) is 14.7 Å². The van der Waals surface area contributed by atoms with Crippen LogP contribution in [-0.4, -0.2) is 53.1 Å². The predicted octanol–water partition coefficient (Wildman–Crippen LogP) is 5.79. The molecule has 2 aromatic carbocycles. The maximum absolute atomic E-state index is 12.7. The molecule has 1 amide bonds. The zero-order valence-corrected chi connectivity index (χ0v) is 22.6. The third-order valence-corrected chi connectivity index (χ3v) is 8.37. The van der Waals surface area contributed by atoms with Gasteiger partial charge in [0, 0.05) is 31.2 Å². The molecule has 5 rings (SSSR count). The molecular formula is C30H37N3O5. The van der Waals surface area contributed by atoms with Gasteiger partial charge in [0.1, 0.15) is 5.82 Å². The van der Waals surface area contributed by atoms with Crippen LogP contribution >= 0.6 is 0 Å². The van der Waals surface area contributed by atoms with Crippen LogP contribution in [0.1, 0.15) is 73.5 Å². The molecule has 8 nitrogen and oxygen atoms in total. The fourth-order valence-electron chi connectivity index (χ4n) is 6.33. The SMILES string of the molecule is COC(=O)N1c2ccc3c(nc(CC(C(=O)O)c4cccc(C)c4)n3C3CCC(OC)CC3)c2CC[C@@H]1C. The number of carbonyl (C=O) groups excluding carboxylic acids is 1. The summed E-state index contributed by atoms with van der Waals surface area (Å²) in [6, 6.07) is 12.0. The number of nitrogens with zero attached hydrogens (tertiary/aromatic N) is 3. The molecular weight excluding hydrogens is 482 g/mol. The van der Waals surface area contributed by atoms with E-state index in [4.69, 9.17) is 14.5 Å². The lowest BCUT2D eigenvalue weighted by Crippen LogP contribution is -2.42. The zero-order valence-electron chi connectivity index (χ0n) is 22.6. The number of amides is 1. The van der Waals surface area contributed by atoms with E-state index in [2.05, 4.69) is 4.57 Å². The smallest absolute Gasteiger partial charge is 0.414 e. The zero-order chi connectivity index (χ0) is 27.0. The van der Waals surface area contributed by atoms with Crippen molar-refractivity contribution in [3.8, 4) is 0 Å². The molecule has 0 radical (unpaired) electrons. The van der Waals surface area contributed by atoms with Crippen molar-refractivity contribution in [1.82, 2.24) is 9.55 Å². The van der Waals surface area contributed by atoms with Crippen molar-refractivity contribution in [3.05, 3.63) is 58.9 Å². The van der Waals surface area contributed by atoms with Gasteiger partial charge >= 0.3 is 12.1 Å². The minimum Gasteiger partial charge on any atom is -0.481 e. The molecule has 1 aliphatic heterocycles. The lowest BCUT2D eigenvalue weighted by molar-refractivity contribution is -0.138. The van der Waals surface area contributed by atoms with Gasteiger partial charge in [0.05, 0.1) is 35.9 Å². The summed E-state index contributed by atoms with van der Waals surface area (Å²) in [5.74, 6) is -0.778. The van der Waals surface area contributed by atoms with Crippen LogP contribution < -0.4 is 4.90 Å². The second-order valence-electron chi connectivity index (χ2n) is 10.7. The van der Waals surface area contributed by atoms with Gasteiger partial charge in [-0.2, -0.15) is 0 Å². The Morgan fingerprint density at radius 3 is 2.53 bits per heavy atom. The maximum atomic E-state index is 12.7. The van der Waals surface area contributed by atoms with E-state index >= 15 is 0 Å². The normalized spacial score (nSPS) is 22.2. The van der Waals surface area contributed by atoms with E-state index in [1.54, 1.807) is 12.0 Å². The Bertz CT molecular complexity index is 1340. The second kappa shape index (κ2) is 10.8. The molecule has 0 bridgehead atoms. The van der Waals surface area contributed by atoms with Crippen LogP contribution in [-0.2, 0) is 27.1 Å². The van der Waals surface area contributed by atoms with Crippen molar-refractivity contribution in [2.45, 2.75) is 82.9 Å². The monoisotopic (exact) mass is 519 g/mol. The van der Waals surface area contributed by atoms with E-state index < -0.39 is 11.9 Å². The Labute approximate surface area is 223 Å². The lowest BCUT2D eigenvalue weighted by Gasteiger charge is -2.34. The van der Waals surface area contributed by atoms with E-state index in [1.807, 2.05) is 50.2 Å². The average Bonchev–Trinajstić information content (AvgIpc) is 3.29. The van der Waals surface area contributed by atoms with E-state index in [-0.39, 0.29) is 24.3 Å². The summed E-state index contributed by atoms with van der Waals surface area (Å²) in [7, 11) is 3.17. The fourth-order valence-corrected chi connectivity index (χ4v) is 6.33. The lowest BCUT2D eigenvalue weighted by atomic mass is 9.91. The molecule has 0 saturated heterocycles. The maximum Gasteiger partial charge on any atom is 0.414 e. The van der Waals surface area contributed by atoms with E-state index in [0.717, 1.165) is 77.8 Å². The van der Waals surface area contributed by atoms with Gasteiger partial charge in [-0.1, -0.05) is 29.8 Å². The number of aliphatic carboxylic acids is 1. The van der Waals surface area contributed by atoms with Gasteiger partial charge in [0.25, 0.3) is 0 Å². The molecule has 1 fully saturated rings. The van der Waals surface area contributed by atoms with E-state index in [1.165, 1.54) is 7.11 Å².